The van der Waals surface area contributed by atoms with Crippen LogP contribution in [0.5, 0.6) is 0 Å². The van der Waals surface area contributed by atoms with Gasteiger partial charge in [-0.1, -0.05) is 0 Å². The highest BCUT2D eigenvalue weighted by Crippen LogP contribution is 2.22. The van der Waals surface area contributed by atoms with Crippen LogP contribution in [0.2, 0.25) is 0 Å². The highest BCUT2D eigenvalue weighted by Gasteiger charge is 2.28. The van der Waals surface area contributed by atoms with Gasteiger partial charge in [0.15, 0.2) is 0 Å². The Balaban J connectivity index is 2.22. The van der Waals surface area contributed by atoms with Gasteiger partial charge in [-0.25, -0.2) is 0 Å². The van der Waals surface area contributed by atoms with Gasteiger partial charge in [0.1, 0.15) is 5.69 Å². The number of nitro groups is 1. The zero-order valence-corrected chi connectivity index (χ0v) is 11.7. The molecule has 1 heterocycles. The Morgan fingerprint density at radius 2 is 2.25 bits per heavy atom. The summed E-state index contributed by atoms with van der Waals surface area (Å²) in [5, 5.41) is 13.7. The van der Waals surface area contributed by atoms with E-state index in [1.54, 1.807) is 4.57 Å². The van der Waals surface area contributed by atoms with Crippen molar-refractivity contribution in [2.45, 2.75) is 51.2 Å². The number of hydrogen-bond acceptors (Lipinski definition) is 4. The molecule has 1 saturated carbocycles. The molecule has 1 aromatic rings. The first kappa shape index (κ1) is 14.5. The van der Waals surface area contributed by atoms with Gasteiger partial charge in [-0.3, -0.25) is 14.9 Å². The van der Waals surface area contributed by atoms with E-state index in [1.807, 2.05) is 13.8 Å². The summed E-state index contributed by atoms with van der Waals surface area (Å²) in [5.74, 6) is -0.297. The van der Waals surface area contributed by atoms with E-state index < -0.39 is 4.92 Å². The van der Waals surface area contributed by atoms with Crippen molar-refractivity contribution >= 4 is 11.6 Å². The zero-order chi connectivity index (χ0) is 14.9. The maximum absolute atomic E-state index is 12.3. The molecule has 0 saturated heterocycles. The smallest absolute Gasteiger partial charge is 0.287 e. The number of carbonyl (C=O) groups excluding carboxylic acids is 1. The van der Waals surface area contributed by atoms with Crippen LogP contribution in [0, 0.1) is 10.1 Å². The topological polar surface area (TPSA) is 103 Å². The van der Waals surface area contributed by atoms with E-state index in [-0.39, 0.29) is 29.7 Å². The SMILES string of the molecule is CC(C)n1cc([N+](=O)[O-])cc1C(=O)NC1CCCC1N. The van der Waals surface area contributed by atoms with Gasteiger partial charge in [0.2, 0.25) is 0 Å². The van der Waals surface area contributed by atoms with E-state index in [4.69, 9.17) is 5.73 Å². The quantitative estimate of drug-likeness (QED) is 0.645. The first-order valence-corrected chi connectivity index (χ1v) is 6.83. The van der Waals surface area contributed by atoms with Crippen LogP contribution in [0.25, 0.3) is 0 Å². The number of amides is 1. The largest absolute Gasteiger partial charge is 0.346 e. The fourth-order valence-electron chi connectivity index (χ4n) is 2.58. The third-order valence-electron chi connectivity index (χ3n) is 3.72. The number of nitrogens with zero attached hydrogens (tertiary/aromatic N) is 2. The predicted octanol–water partition coefficient (Wildman–Crippen LogP) is 1.59. The molecule has 1 aliphatic carbocycles. The molecule has 20 heavy (non-hydrogen) atoms. The first-order valence-electron chi connectivity index (χ1n) is 6.83. The van der Waals surface area contributed by atoms with Crippen LogP contribution in [-0.2, 0) is 0 Å². The lowest BCUT2D eigenvalue weighted by Gasteiger charge is -2.18. The van der Waals surface area contributed by atoms with E-state index in [9.17, 15) is 14.9 Å². The number of aromatic nitrogens is 1. The zero-order valence-electron chi connectivity index (χ0n) is 11.7. The second-order valence-electron chi connectivity index (χ2n) is 5.52. The molecule has 0 aromatic carbocycles. The number of carbonyl (C=O) groups is 1. The molecule has 0 bridgehead atoms. The molecule has 2 atom stereocenters. The van der Waals surface area contributed by atoms with Crippen molar-refractivity contribution in [1.82, 2.24) is 9.88 Å². The lowest BCUT2D eigenvalue weighted by atomic mass is 10.2. The molecule has 7 nitrogen and oxygen atoms in total. The second-order valence-corrected chi connectivity index (χ2v) is 5.52. The highest BCUT2D eigenvalue weighted by atomic mass is 16.6. The normalized spacial score (nSPS) is 22.2. The minimum absolute atomic E-state index is 0.0262. The predicted molar refractivity (Wildman–Crippen MR) is 74.6 cm³/mol. The molecule has 1 aromatic heterocycles. The Morgan fingerprint density at radius 3 is 2.75 bits per heavy atom. The molecule has 2 rings (SSSR count). The number of nitrogens with one attached hydrogen (secondary N) is 1. The van der Waals surface area contributed by atoms with Gasteiger partial charge in [0.25, 0.3) is 11.6 Å². The molecule has 2 unspecified atom stereocenters. The van der Waals surface area contributed by atoms with Crippen LogP contribution in [0.15, 0.2) is 12.3 Å². The Labute approximate surface area is 117 Å². The monoisotopic (exact) mass is 280 g/mol. The van der Waals surface area contributed by atoms with Gasteiger partial charge in [-0.15, -0.1) is 0 Å². The van der Waals surface area contributed by atoms with Crippen LogP contribution in [0.3, 0.4) is 0 Å². The summed E-state index contributed by atoms with van der Waals surface area (Å²) < 4.78 is 1.62. The molecule has 0 aliphatic heterocycles. The summed E-state index contributed by atoms with van der Waals surface area (Å²) in [7, 11) is 0. The van der Waals surface area contributed by atoms with Crippen LogP contribution >= 0.6 is 0 Å². The van der Waals surface area contributed by atoms with Crippen molar-refractivity contribution in [3.05, 3.63) is 28.1 Å². The third-order valence-corrected chi connectivity index (χ3v) is 3.72. The maximum Gasteiger partial charge on any atom is 0.287 e. The summed E-state index contributed by atoms with van der Waals surface area (Å²) in [5.41, 5.74) is 6.17. The molecular formula is C13H20N4O3. The van der Waals surface area contributed by atoms with Crippen molar-refractivity contribution in [2.75, 3.05) is 0 Å². The van der Waals surface area contributed by atoms with Gasteiger partial charge < -0.3 is 15.6 Å². The lowest BCUT2D eigenvalue weighted by molar-refractivity contribution is -0.384. The van der Waals surface area contributed by atoms with Crippen molar-refractivity contribution in [3.63, 3.8) is 0 Å². The number of nitrogens with two attached hydrogens (primary N) is 1. The number of rotatable bonds is 4. The summed E-state index contributed by atoms with van der Waals surface area (Å²) in [6.07, 6.45) is 4.15. The second kappa shape index (κ2) is 5.62. The van der Waals surface area contributed by atoms with Crippen molar-refractivity contribution < 1.29 is 9.72 Å². The Kier molecular flexibility index (Phi) is 4.08. The molecule has 0 spiro atoms. The molecule has 1 amide bonds. The number of hydrogen-bond donors (Lipinski definition) is 2. The van der Waals surface area contributed by atoms with Crippen molar-refractivity contribution in [3.8, 4) is 0 Å². The van der Waals surface area contributed by atoms with E-state index in [0.29, 0.717) is 5.69 Å². The molecule has 1 aliphatic rings. The van der Waals surface area contributed by atoms with Crippen LogP contribution < -0.4 is 11.1 Å². The molecule has 0 radical (unpaired) electrons. The summed E-state index contributed by atoms with van der Waals surface area (Å²) in [6.45, 7) is 3.75. The van der Waals surface area contributed by atoms with Gasteiger partial charge in [0, 0.05) is 24.2 Å². The third kappa shape index (κ3) is 2.82. The average Bonchev–Trinajstić information content (AvgIpc) is 2.96. The molecule has 7 heteroatoms. The molecule has 1 fully saturated rings. The lowest BCUT2D eigenvalue weighted by Crippen LogP contribution is -2.44. The minimum Gasteiger partial charge on any atom is -0.346 e. The van der Waals surface area contributed by atoms with E-state index in [2.05, 4.69) is 5.32 Å². The maximum atomic E-state index is 12.3. The minimum atomic E-state index is -0.489. The van der Waals surface area contributed by atoms with E-state index in [1.165, 1.54) is 12.3 Å². The highest BCUT2D eigenvalue weighted by molar-refractivity contribution is 5.93. The average molecular weight is 280 g/mol. The van der Waals surface area contributed by atoms with Gasteiger partial charge in [0.05, 0.1) is 11.1 Å². The Morgan fingerprint density at radius 1 is 1.55 bits per heavy atom. The van der Waals surface area contributed by atoms with Crippen molar-refractivity contribution in [1.29, 1.82) is 0 Å². The van der Waals surface area contributed by atoms with E-state index >= 15 is 0 Å². The standard InChI is InChI=1S/C13H20N4O3/c1-8(2)16-7-9(17(19)20)6-12(16)13(18)15-11-5-3-4-10(11)14/h6-8,10-11H,3-5,14H2,1-2H3,(H,15,18). The van der Waals surface area contributed by atoms with E-state index in [0.717, 1.165) is 19.3 Å². The van der Waals surface area contributed by atoms with Crippen LogP contribution in [0.1, 0.15) is 49.6 Å². The summed E-state index contributed by atoms with van der Waals surface area (Å²) in [6, 6.07) is 1.21. The fourth-order valence-corrected chi connectivity index (χ4v) is 2.58. The van der Waals surface area contributed by atoms with Crippen molar-refractivity contribution in [2.24, 2.45) is 5.73 Å². The first-order chi connectivity index (χ1) is 9.40. The summed E-state index contributed by atoms with van der Waals surface area (Å²) in [4.78, 5) is 22.7. The Hall–Kier alpha value is -1.89. The molecule has 110 valence electrons. The van der Waals surface area contributed by atoms with Gasteiger partial charge >= 0.3 is 0 Å². The summed E-state index contributed by atoms with van der Waals surface area (Å²) >= 11 is 0. The van der Waals surface area contributed by atoms with Crippen LogP contribution in [-0.4, -0.2) is 27.5 Å². The molecular weight excluding hydrogens is 260 g/mol. The van der Waals surface area contributed by atoms with Crippen LogP contribution in [0.4, 0.5) is 5.69 Å². The fraction of sp³-hybridized carbons (Fsp3) is 0.615. The molecule has 3 N–H and O–H groups in total. The van der Waals surface area contributed by atoms with Gasteiger partial charge in [-0.2, -0.15) is 0 Å². The Bertz CT molecular complexity index is 524. The van der Waals surface area contributed by atoms with Gasteiger partial charge in [-0.05, 0) is 33.1 Å².